The van der Waals surface area contributed by atoms with Crippen LogP contribution in [0.15, 0.2) is 36.4 Å². The number of nitrogens with zero attached hydrogens (tertiary/aromatic N) is 3. The summed E-state index contributed by atoms with van der Waals surface area (Å²) >= 11 is 1.68. The topological polar surface area (TPSA) is 58.1 Å². The average molecular weight is 352 g/mol. The molecule has 1 amide bonds. The number of aryl methyl sites for hydroxylation is 1. The maximum absolute atomic E-state index is 12.0. The number of aromatic nitrogens is 2. The maximum Gasteiger partial charge on any atom is 0.224 e. The summed E-state index contributed by atoms with van der Waals surface area (Å²) in [5, 5.41) is 4.52. The van der Waals surface area contributed by atoms with Crippen molar-refractivity contribution < 1.29 is 4.79 Å². The zero-order valence-electron chi connectivity index (χ0n) is 14.3. The summed E-state index contributed by atoms with van der Waals surface area (Å²) in [7, 11) is 1.86. The molecule has 1 fully saturated rings. The third-order valence-electron chi connectivity index (χ3n) is 4.56. The third-order valence-corrected chi connectivity index (χ3v) is 5.64. The Kier molecular flexibility index (Phi) is 4.13. The first kappa shape index (κ1) is 16.0. The van der Waals surface area contributed by atoms with Crippen LogP contribution >= 0.6 is 11.3 Å². The fraction of sp³-hybridized carbons (Fsp3) is 0.316. The molecule has 4 rings (SSSR count). The Bertz CT molecular complexity index is 922. The molecule has 1 atom stereocenters. The highest BCUT2D eigenvalue weighted by Crippen LogP contribution is 2.35. The molecule has 0 bridgehead atoms. The first-order chi connectivity index (χ1) is 12.1. The number of fused-ring (bicyclic) bond motifs is 1. The van der Waals surface area contributed by atoms with Gasteiger partial charge in [-0.25, -0.2) is 9.97 Å². The molecule has 1 aliphatic rings. The van der Waals surface area contributed by atoms with Gasteiger partial charge in [0.25, 0.3) is 0 Å². The fourth-order valence-corrected chi connectivity index (χ4v) is 4.22. The van der Waals surface area contributed by atoms with Crippen LogP contribution in [-0.4, -0.2) is 40.4 Å². The molecule has 5 nitrogen and oxygen atoms in total. The molecule has 3 aromatic rings. The first-order valence-corrected chi connectivity index (χ1v) is 9.26. The molecule has 0 aliphatic carbocycles. The van der Waals surface area contributed by atoms with E-state index in [9.17, 15) is 4.79 Å². The van der Waals surface area contributed by atoms with E-state index in [0.29, 0.717) is 6.42 Å². The van der Waals surface area contributed by atoms with Crippen LogP contribution < -0.4 is 5.32 Å². The molecular formula is C19H20N4OS. The number of likely N-dealkylation sites (tertiary alicyclic amines) is 1. The number of anilines is 1. The monoisotopic (exact) mass is 352 g/mol. The van der Waals surface area contributed by atoms with Crippen molar-refractivity contribution in [2.45, 2.75) is 25.8 Å². The van der Waals surface area contributed by atoms with Crippen molar-refractivity contribution in [3.05, 3.63) is 42.2 Å². The SMILES string of the molecule is Cc1nc(N[C@@H]2CCN(C)C(=O)C2)c2cc(-c3ccccc3)sc2n1. The minimum absolute atomic E-state index is 0.126. The summed E-state index contributed by atoms with van der Waals surface area (Å²) in [6, 6.07) is 12.6. The molecule has 1 aromatic carbocycles. The highest BCUT2D eigenvalue weighted by Gasteiger charge is 2.24. The lowest BCUT2D eigenvalue weighted by molar-refractivity contribution is -0.132. The summed E-state index contributed by atoms with van der Waals surface area (Å²) in [6.45, 7) is 2.69. The van der Waals surface area contributed by atoms with Gasteiger partial charge >= 0.3 is 0 Å². The van der Waals surface area contributed by atoms with Crippen molar-refractivity contribution in [2.75, 3.05) is 18.9 Å². The molecular weight excluding hydrogens is 332 g/mol. The number of benzene rings is 1. The second kappa shape index (κ2) is 6.44. The molecule has 0 unspecified atom stereocenters. The molecule has 1 aliphatic heterocycles. The molecule has 25 heavy (non-hydrogen) atoms. The second-order valence-corrected chi connectivity index (χ2v) is 7.49. The lowest BCUT2D eigenvalue weighted by Crippen LogP contribution is -2.41. The van der Waals surface area contributed by atoms with Crippen LogP contribution in [0, 0.1) is 6.92 Å². The zero-order chi connectivity index (χ0) is 17.4. The Hall–Kier alpha value is -2.47. The van der Waals surface area contributed by atoms with E-state index in [-0.39, 0.29) is 11.9 Å². The van der Waals surface area contributed by atoms with E-state index in [1.54, 1.807) is 16.2 Å². The predicted octanol–water partition coefficient (Wildman–Crippen LogP) is 3.70. The fourth-order valence-electron chi connectivity index (χ4n) is 3.14. The number of carbonyl (C=O) groups excluding carboxylic acids is 1. The van der Waals surface area contributed by atoms with Gasteiger partial charge in [0, 0.05) is 30.9 Å². The lowest BCUT2D eigenvalue weighted by atomic mass is 10.0. The van der Waals surface area contributed by atoms with Crippen molar-refractivity contribution >= 4 is 33.3 Å². The average Bonchev–Trinajstić information content (AvgIpc) is 3.03. The van der Waals surface area contributed by atoms with Crippen LogP contribution in [0.4, 0.5) is 5.82 Å². The second-order valence-electron chi connectivity index (χ2n) is 6.46. The van der Waals surface area contributed by atoms with Crippen LogP contribution in [0.25, 0.3) is 20.7 Å². The summed E-state index contributed by atoms with van der Waals surface area (Å²) in [5.41, 5.74) is 1.18. The Morgan fingerprint density at radius 3 is 2.80 bits per heavy atom. The minimum Gasteiger partial charge on any atom is -0.366 e. The number of hydrogen-bond acceptors (Lipinski definition) is 5. The molecule has 0 spiro atoms. The van der Waals surface area contributed by atoms with Gasteiger partial charge in [0.15, 0.2) is 0 Å². The molecule has 1 N–H and O–H groups in total. The number of thiophene rings is 1. The van der Waals surface area contributed by atoms with Crippen molar-refractivity contribution in [1.29, 1.82) is 0 Å². The van der Waals surface area contributed by atoms with Crippen LogP contribution in [0.5, 0.6) is 0 Å². The molecule has 2 aromatic heterocycles. The number of piperidine rings is 1. The highest BCUT2D eigenvalue weighted by atomic mass is 32.1. The summed E-state index contributed by atoms with van der Waals surface area (Å²) in [4.78, 5) is 25.1. The van der Waals surface area contributed by atoms with Gasteiger partial charge in [0.2, 0.25) is 5.91 Å². The molecule has 3 heterocycles. The van der Waals surface area contributed by atoms with Crippen LogP contribution in [0.2, 0.25) is 0 Å². The maximum atomic E-state index is 12.0. The molecule has 6 heteroatoms. The zero-order valence-corrected chi connectivity index (χ0v) is 15.1. The highest BCUT2D eigenvalue weighted by molar-refractivity contribution is 7.21. The predicted molar refractivity (Wildman–Crippen MR) is 102 cm³/mol. The van der Waals surface area contributed by atoms with Gasteiger partial charge in [0.05, 0.1) is 5.39 Å². The van der Waals surface area contributed by atoms with Crippen molar-refractivity contribution in [3.8, 4) is 10.4 Å². The van der Waals surface area contributed by atoms with Crippen LogP contribution in [-0.2, 0) is 4.79 Å². The number of nitrogens with one attached hydrogen (secondary N) is 1. The summed E-state index contributed by atoms with van der Waals surface area (Å²) in [6.07, 6.45) is 1.44. The summed E-state index contributed by atoms with van der Waals surface area (Å²) in [5.74, 6) is 1.76. The number of rotatable bonds is 3. The van der Waals surface area contributed by atoms with E-state index in [2.05, 4.69) is 33.5 Å². The Morgan fingerprint density at radius 2 is 2.04 bits per heavy atom. The Morgan fingerprint density at radius 1 is 1.24 bits per heavy atom. The number of hydrogen-bond donors (Lipinski definition) is 1. The Balaban J connectivity index is 1.69. The van der Waals surface area contributed by atoms with Gasteiger partial charge < -0.3 is 10.2 Å². The molecule has 128 valence electrons. The van der Waals surface area contributed by atoms with E-state index < -0.39 is 0 Å². The standard InChI is InChI=1S/C19H20N4OS/c1-12-20-18(22-14-8-9-23(2)17(24)10-14)15-11-16(25-19(15)21-12)13-6-4-3-5-7-13/h3-7,11,14H,8-10H2,1-2H3,(H,20,21,22)/t14-/m1/s1. The van der Waals surface area contributed by atoms with Gasteiger partial charge in [0.1, 0.15) is 16.5 Å². The van der Waals surface area contributed by atoms with E-state index >= 15 is 0 Å². The van der Waals surface area contributed by atoms with Gasteiger partial charge in [-0.3, -0.25) is 4.79 Å². The van der Waals surface area contributed by atoms with Crippen molar-refractivity contribution in [2.24, 2.45) is 0 Å². The van der Waals surface area contributed by atoms with Gasteiger partial charge in [-0.15, -0.1) is 11.3 Å². The molecule has 0 radical (unpaired) electrons. The van der Waals surface area contributed by atoms with E-state index in [4.69, 9.17) is 0 Å². The van der Waals surface area contributed by atoms with Crippen LogP contribution in [0.1, 0.15) is 18.7 Å². The third kappa shape index (κ3) is 3.22. The van der Waals surface area contributed by atoms with Gasteiger partial charge in [-0.2, -0.15) is 0 Å². The van der Waals surface area contributed by atoms with E-state index in [1.807, 2.05) is 32.2 Å². The number of carbonyl (C=O) groups is 1. The van der Waals surface area contributed by atoms with E-state index in [1.165, 1.54) is 10.4 Å². The Labute approximate surface area is 150 Å². The quantitative estimate of drug-likeness (QED) is 0.781. The van der Waals surface area contributed by atoms with Crippen molar-refractivity contribution in [3.63, 3.8) is 0 Å². The van der Waals surface area contributed by atoms with Crippen LogP contribution in [0.3, 0.4) is 0 Å². The minimum atomic E-state index is 0.126. The largest absolute Gasteiger partial charge is 0.366 e. The van der Waals surface area contributed by atoms with Crippen molar-refractivity contribution in [1.82, 2.24) is 14.9 Å². The summed E-state index contributed by atoms with van der Waals surface area (Å²) < 4.78 is 0. The normalized spacial score (nSPS) is 17.9. The van der Waals surface area contributed by atoms with E-state index in [0.717, 1.165) is 34.8 Å². The van der Waals surface area contributed by atoms with Gasteiger partial charge in [-0.1, -0.05) is 30.3 Å². The van der Waals surface area contributed by atoms with Gasteiger partial charge in [-0.05, 0) is 25.0 Å². The number of amides is 1. The smallest absolute Gasteiger partial charge is 0.224 e. The molecule has 1 saturated heterocycles. The molecule has 0 saturated carbocycles. The lowest BCUT2D eigenvalue weighted by Gasteiger charge is -2.29. The first-order valence-electron chi connectivity index (χ1n) is 8.44.